The Labute approximate surface area is 213 Å². The largest absolute Gasteiger partial charge is 0.506 e. The Balaban J connectivity index is 1.67. The summed E-state index contributed by atoms with van der Waals surface area (Å²) < 4.78 is 1.13. The number of carboxylic acid groups (broad SMARTS) is 1. The van der Waals surface area contributed by atoms with E-state index >= 15 is 0 Å². The van der Waals surface area contributed by atoms with Crippen molar-refractivity contribution in [2.24, 2.45) is 5.73 Å². The summed E-state index contributed by atoms with van der Waals surface area (Å²) in [5.74, 6) is -1.97. The maximum atomic E-state index is 13.4. The van der Waals surface area contributed by atoms with Crippen molar-refractivity contribution >= 4 is 28.9 Å². The number of hydrogen-bond acceptors (Lipinski definition) is 7. The molecule has 1 fully saturated rings. The highest BCUT2D eigenvalue weighted by atomic mass is 16.4. The van der Waals surface area contributed by atoms with Crippen LogP contribution in [0, 0.1) is 0 Å². The maximum Gasteiger partial charge on any atom is 0.335 e. The number of hydrogen-bond donors (Lipinski definition) is 6. The van der Waals surface area contributed by atoms with Crippen molar-refractivity contribution in [2.45, 2.75) is 38.4 Å². The standard InChI is InChI=1S/C27H29N5O5/c1-15(28)17-7-5-16(6-8-17)13-30-24(34)14-32-25(18-9-19(27(36)37)11-20(29)10-18)23(33)12-22(26(32)35)31-21-3-2-4-21/h5-12,21,31,33H,1-4,13-14,28-29H2,(H,30,34)(H,36,37). The molecule has 0 bridgehead atoms. The van der Waals surface area contributed by atoms with Crippen LogP contribution in [0.3, 0.4) is 0 Å². The molecule has 0 spiro atoms. The van der Waals surface area contributed by atoms with E-state index in [0.29, 0.717) is 5.70 Å². The van der Waals surface area contributed by atoms with E-state index in [1.165, 1.54) is 24.3 Å². The molecule has 1 saturated carbocycles. The van der Waals surface area contributed by atoms with Crippen LogP contribution in [0.15, 0.2) is 59.9 Å². The molecule has 1 aromatic heterocycles. The molecule has 1 aliphatic rings. The number of pyridine rings is 1. The molecule has 10 nitrogen and oxygen atoms in total. The molecular formula is C27H29N5O5. The van der Waals surface area contributed by atoms with Crippen LogP contribution in [-0.4, -0.2) is 32.7 Å². The van der Waals surface area contributed by atoms with Gasteiger partial charge in [0.15, 0.2) is 0 Å². The van der Waals surface area contributed by atoms with Crippen molar-refractivity contribution in [2.75, 3.05) is 11.1 Å². The highest BCUT2D eigenvalue weighted by Crippen LogP contribution is 2.33. The summed E-state index contributed by atoms with van der Waals surface area (Å²) >= 11 is 0. The predicted octanol–water partition coefficient (Wildman–Crippen LogP) is 2.71. The number of aromatic hydroxyl groups is 1. The minimum Gasteiger partial charge on any atom is -0.506 e. The Morgan fingerprint density at radius 1 is 1.08 bits per heavy atom. The van der Waals surface area contributed by atoms with E-state index in [9.17, 15) is 24.6 Å². The number of anilines is 2. The third-order valence-corrected chi connectivity index (χ3v) is 6.33. The Hall–Kier alpha value is -4.73. The monoisotopic (exact) mass is 503 g/mol. The lowest BCUT2D eigenvalue weighted by molar-refractivity contribution is -0.121. The van der Waals surface area contributed by atoms with Crippen molar-refractivity contribution in [1.29, 1.82) is 0 Å². The number of rotatable bonds is 9. The van der Waals surface area contributed by atoms with Crippen LogP contribution in [0.2, 0.25) is 0 Å². The Morgan fingerprint density at radius 2 is 1.78 bits per heavy atom. The molecule has 1 amide bonds. The Bertz CT molecular complexity index is 1420. The first-order valence-corrected chi connectivity index (χ1v) is 11.8. The van der Waals surface area contributed by atoms with E-state index in [1.54, 1.807) is 24.3 Å². The van der Waals surface area contributed by atoms with Crippen LogP contribution in [0.1, 0.15) is 40.7 Å². The lowest BCUT2D eigenvalue weighted by Crippen LogP contribution is -2.36. The van der Waals surface area contributed by atoms with Gasteiger partial charge in [-0.3, -0.25) is 14.2 Å². The third kappa shape index (κ3) is 5.75. The molecule has 8 N–H and O–H groups in total. The van der Waals surface area contributed by atoms with Crippen LogP contribution in [0.25, 0.3) is 17.0 Å². The number of amides is 1. The van der Waals surface area contributed by atoms with Gasteiger partial charge in [0.1, 0.15) is 18.0 Å². The Kier molecular flexibility index (Phi) is 7.19. The number of nitrogens with one attached hydrogen (secondary N) is 2. The molecule has 0 saturated heterocycles. The third-order valence-electron chi connectivity index (χ3n) is 6.33. The molecule has 4 rings (SSSR count). The molecule has 37 heavy (non-hydrogen) atoms. The zero-order chi connectivity index (χ0) is 26.7. The van der Waals surface area contributed by atoms with Gasteiger partial charge in [-0.05, 0) is 48.6 Å². The van der Waals surface area contributed by atoms with Crippen molar-refractivity contribution < 1.29 is 19.8 Å². The smallest absolute Gasteiger partial charge is 0.335 e. The number of nitrogen functional groups attached to an aromatic ring is 1. The second kappa shape index (κ2) is 10.5. The number of carbonyl (C=O) groups is 2. The van der Waals surface area contributed by atoms with Crippen LogP contribution in [0.5, 0.6) is 5.75 Å². The number of carbonyl (C=O) groups excluding carboxylic acids is 1. The van der Waals surface area contributed by atoms with Gasteiger partial charge in [0.25, 0.3) is 5.56 Å². The summed E-state index contributed by atoms with van der Waals surface area (Å²) in [5.41, 5.74) is 13.5. The number of aromatic carboxylic acids is 1. The first-order chi connectivity index (χ1) is 17.6. The second-order valence-corrected chi connectivity index (χ2v) is 9.10. The summed E-state index contributed by atoms with van der Waals surface area (Å²) in [6.45, 7) is 3.48. The van der Waals surface area contributed by atoms with E-state index in [2.05, 4.69) is 17.2 Å². The molecule has 3 aromatic rings. The number of nitrogens with zero attached hydrogens (tertiary/aromatic N) is 1. The first-order valence-electron chi connectivity index (χ1n) is 11.8. The van der Waals surface area contributed by atoms with Gasteiger partial charge in [0.05, 0.1) is 11.3 Å². The zero-order valence-corrected chi connectivity index (χ0v) is 20.2. The minimum absolute atomic E-state index is 0.0000736. The lowest BCUT2D eigenvalue weighted by atomic mass is 9.93. The second-order valence-electron chi connectivity index (χ2n) is 9.10. The molecule has 1 heterocycles. The van der Waals surface area contributed by atoms with Gasteiger partial charge in [-0.1, -0.05) is 30.8 Å². The molecule has 1 aliphatic carbocycles. The average molecular weight is 504 g/mol. The summed E-state index contributed by atoms with van der Waals surface area (Å²) in [6.07, 6.45) is 2.84. The zero-order valence-electron chi connectivity index (χ0n) is 20.2. The Morgan fingerprint density at radius 3 is 2.38 bits per heavy atom. The molecule has 0 radical (unpaired) electrons. The van der Waals surface area contributed by atoms with E-state index in [1.807, 2.05) is 0 Å². The summed E-state index contributed by atoms with van der Waals surface area (Å²) in [5, 5.41) is 26.3. The SMILES string of the molecule is C=C(N)c1ccc(CNC(=O)Cn2c(-c3cc(N)cc(C(=O)O)c3)c(O)cc(NC3CCC3)c2=O)cc1. The molecule has 0 atom stereocenters. The van der Waals surface area contributed by atoms with E-state index in [-0.39, 0.29) is 46.5 Å². The fourth-order valence-corrected chi connectivity index (χ4v) is 4.13. The average Bonchev–Trinajstić information content (AvgIpc) is 2.82. The highest BCUT2D eigenvalue weighted by Gasteiger charge is 2.23. The van der Waals surface area contributed by atoms with Gasteiger partial charge in [0.2, 0.25) is 5.91 Å². The number of carboxylic acids is 1. The number of aromatic nitrogens is 1. The van der Waals surface area contributed by atoms with Gasteiger partial charge in [-0.15, -0.1) is 0 Å². The molecular weight excluding hydrogens is 474 g/mol. The molecule has 192 valence electrons. The first kappa shape index (κ1) is 25.4. The highest BCUT2D eigenvalue weighted by molar-refractivity contribution is 5.91. The predicted molar refractivity (Wildman–Crippen MR) is 142 cm³/mol. The quantitative estimate of drug-likeness (QED) is 0.242. The minimum atomic E-state index is -1.22. The normalized spacial score (nSPS) is 13.0. The van der Waals surface area contributed by atoms with Gasteiger partial charge in [-0.2, -0.15) is 0 Å². The summed E-state index contributed by atoms with van der Waals surface area (Å²) in [4.78, 5) is 37.9. The number of benzene rings is 2. The van der Waals surface area contributed by atoms with Crippen LogP contribution < -0.4 is 27.7 Å². The summed E-state index contributed by atoms with van der Waals surface area (Å²) in [6, 6.07) is 12.6. The van der Waals surface area contributed by atoms with Crippen LogP contribution in [-0.2, 0) is 17.9 Å². The fraction of sp³-hybridized carbons (Fsp3) is 0.222. The maximum absolute atomic E-state index is 13.4. The van der Waals surface area contributed by atoms with Gasteiger partial charge < -0.3 is 32.3 Å². The van der Waals surface area contributed by atoms with Gasteiger partial charge in [0, 0.05) is 35.6 Å². The molecule has 0 aliphatic heterocycles. The molecule has 0 unspecified atom stereocenters. The van der Waals surface area contributed by atoms with E-state index in [4.69, 9.17) is 11.5 Å². The van der Waals surface area contributed by atoms with Crippen molar-refractivity contribution in [3.63, 3.8) is 0 Å². The van der Waals surface area contributed by atoms with Gasteiger partial charge in [-0.25, -0.2) is 4.79 Å². The fourth-order valence-electron chi connectivity index (χ4n) is 4.13. The molecule has 2 aromatic carbocycles. The van der Waals surface area contributed by atoms with Crippen molar-refractivity contribution in [3.8, 4) is 17.0 Å². The van der Waals surface area contributed by atoms with Crippen molar-refractivity contribution in [3.05, 3.63) is 82.2 Å². The van der Waals surface area contributed by atoms with Gasteiger partial charge >= 0.3 is 5.97 Å². The lowest BCUT2D eigenvalue weighted by Gasteiger charge is -2.28. The van der Waals surface area contributed by atoms with E-state index in [0.717, 1.165) is 35.0 Å². The molecule has 10 heteroatoms. The topological polar surface area (TPSA) is 173 Å². The summed E-state index contributed by atoms with van der Waals surface area (Å²) in [7, 11) is 0. The van der Waals surface area contributed by atoms with Crippen molar-refractivity contribution in [1.82, 2.24) is 9.88 Å². The van der Waals surface area contributed by atoms with Crippen LogP contribution in [0.4, 0.5) is 11.4 Å². The van der Waals surface area contributed by atoms with E-state index < -0.39 is 24.0 Å². The number of nitrogens with two attached hydrogens (primary N) is 2. The van der Waals surface area contributed by atoms with Crippen LogP contribution >= 0.6 is 0 Å².